The minimum atomic E-state index is -0.476. The molecule has 0 saturated heterocycles. The number of rotatable bonds is 3. The lowest BCUT2D eigenvalue weighted by atomic mass is 10.3. The second kappa shape index (κ2) is 5.40. The first kappa shape index (κ1) is 13.5. The van der Waals surface area contributed by atoms with Crippen LogP contribution in [0.15, 0.2) is 28.9 Å². The number of amides is 1. The van der Waals surface area contributed by atoms with Crippen LogP contribution in [0.5, 0.6) is 0 Å². The van der Waals surface area contributed by atoms with E-state index in [1.54, 1.807) is 10.9 Å². The summed E-state index contributed by atoms with van der Waals surface area (Å²) in [6.45, 7) is 2.50. The third kappa shape index (κ3) is 2.93. The zero-order chi connectivity index (χ0) is 14.0. The maximum atomic E-state index is 13.1. The summed E-state index contributed by atoms with van der Waals surface area (Å²) in [5.41, 5.74) is 6.45. The fourth-order valence-corrected chi connectivity index (χ4v) is 1.90. The molecule has 0 aliphatic heterocycles. The Morgan fingerprint density at radius 1 is 1.58 bits per heavy atom. The normalized spacial score (nSPS) is 10.5. The number of nitrogens with two attached hydrogens (primary N) is 1. The summed E-state index contributed by atoms with van der Waals surface area (Å²) in [6.07, 6.45) is 1.58. The Hall–Kier alpha value is -1.89. The fourth-order valence-electron chi connectivity index (χ4n) is 1.55. The zero-order valence-corrected chi connectivity index (χ0v) is 11.7. The standard InChI is InChI=1S/C12H12BrFN4O/c1-2-18-6-9(15)11(17-18)12(19)16-10-5-7(14)3-4-8(10)13/h3-6H,2,15H2,1H3,(H,16,19). The fraction of sp³-hybridized carbons (Fsp3) is 0.167. The number of nitrogen functional groups attached to an aromatic ring is 1. The molecule has 1 aromatic carbocycles. The van der Waals surface area contributed by atoms with Crippen LogP contribution in [0.2, 0.25) is 0 Å². The van der Waals surface area contributed by atoms with Gasteiger partial charge in [0.25, 0.3) is 5.91 Å². The van der Waals surface area contributed by atoms with Crippen molar-refractivity contribution in [1.82, 2.24) is 9.78 Å². The Morgan fingerprint density at radius 3 is 2.95 bits per heavy atom. The monoisotopic (exact) mass is 326 g/mol. The number of benzene rings is 1. The van der Waals surface area contributed by atoms with Gasteiger partial charge >= 0.3 is 0 Å². The van der Waals surface area contributed by atoms with E-state index < -0.39 is 11.7 Å². The van der Waals surface area contributed by atoms with Crippen LogP contribution in [0, 0.1) is 5.82 Å². The van der Waals surface area contributed by atoms with Gasteiger partial charge in [-0.2, -0.15) is 5.10 Å². The average Bonchev–Trinajstić information content (AvgIpc) is 2.75. The molecule has 0 bridgehead atoms. The molecule has 1 aromatic heterocycles. The first-order valence-corrected chi connectivity index (χ1v) is 6.40. The lowest BCUT2D eigenvalue weighted by Gasteiger charge is -2.06. The Balaban J connectivity index is 2.25. The van der Waals surface area contributed by atoms with Crippen molar-refractivity contribution in [2.45, 2.75) is 13.5 Å². The van der Waals surface area contributed by atoms with Crippen LogP contribution < -0.4 is 11.1 Å². The molecule has 2 aromatic rings. The zero-order valence-electron chi connectivity index (χ0n) is 10.2. The highest BCUT2D eigenvalue weighted by atomic mass is 79.9. The van der Waals surface area contributed by atoms with Gasteiger partial charge in [-0.1, -0.05) is 0 Å². The molecule has 1 heterocycles. The Labute approximate surface area is 117 Å². The van der Waals surface area contributed by atoms with Crippen LogP contribution in [0.25, 0.3) is 0 Å². The number of anilines is 2. The van der Waals surface area contributed by atoms with Gasteiger partial charge in [0.1, 0.15) is 5.82 Å². The van der Waals surface area contributed by atoms with E-state index in [1.165, 1.54) is 18.2 Å². The summed E-state index contributed by atoms with van der Waals surface area (Å²) < 4.78 is 15.3. The van der Waals surface area contributed by atoms with E-state index in [4.69, 9.17) is 5.73 Å². The summed E-state index contributed by atoms with van der Waals surface area (Å²) >= 11 is 3.23. The molecular weight excluding hydrogens is 315 g/mol. The number of hydrogen-bond acceptors (Lipinski definition) is 3. The van der Waals surface area contributed by atoms with Crippen LogP contribution in [-0.2, 0) is 6.54 Å². The SMILES string of the molecule is CCn1cc(N)c(C(=O)Nc2cc(F)ccc2Br)n1. The van der Waals surface area contributed by atoms with Crippen LogP contribution in [-0.4, -0.2) is 15.7 Å². The van der Waals surface area contributed by atoms with Gasteiger partial charge in [-0.05, 0) is 41.1 Å². The number of halogens is 2. The molecule has 0 unspecified atom stereocenters. The number of aromatic nitrogens is 2. The minimum absolute atomic E-state index is 0.123. The third-order valence-corrected chi connectivity index (χ3v) is 3.20. The van der Waals surface area contributed by atoms with Crippen molar-refractivity contribution < 1.29 is 9.18 Å². The summed E-state index contributed by atoms with van der Waals surface area (Å²) in [5, 5.41) is 6.61. The molecule has 5 nitrogen and oxygen atoms in total. The second-order valence-corrected chi connectivity index (χ2v) is 4.72. The number of carbonyl (C=O) groups excluding carboxylic acids is 1. The number of nitrogens with one attached hydrogen (secondary N) is 1. The van der Waals surface area contributed by atoms with E-state index in [-0.39, 0.29) is 11.4 Å². The van der Waals surface area contributed by atoms with Gasteiger partial charge in [0, 0.05) is 17.2 Å². The van der Waals surface area contributed by atoms with Crippen molar-refractivity contribution in [3.8, 4) is 0 Å². The summed E-state index contributed by atoms with van der Waals surface area (Å²) in [7, 11) is 0. The highest BCUT2D eigenvalue weighted by molar-refractivity contribution is 9.10. The highest BCUT2D eigenvalue weighted by Gasteiger charge is 2.16. The lowest BCUT2D eigenvalue weighted by molar-refractivity contribution is 0.102. The smallest absolute Gasteiger partial charge is 0.278 e. The van der Waals surface area contributed by atoms with E-state index in [9.17, 15) is 9.18 Å². The predicted molar refractivity (Wildman–Crippen MR) is 74.4 cm³/mol. The van der Waals surface area contributed by atoms with Crippen molar-refractivity contribution in [2.24, 2.45) is 0 Å². The van der Waals surface area contributed by atoms with Crippen LogP contribution in [0.3, 0.4) is 0 Å². The molecule has 19 heavy (non-hydrogen) atoms. The number of aryl methyl sites for hydroxylation is 1. The molecule has 0 radical (unpaired) electrons. The van der Waals surface area contributed by atoms with Gasteiger partial charge in [0.15, 0.2) is 5.69 Å². The topological polar surface area (TPSA) is 72.9 Å². The largest absolute Gasteiger partial charge is 0.396 e. The molecule has 100 valence electrons. The number of hydrogen-bond donors (Lipinski definition) is 2. The Bertz CT molecular complexity index is 626. The lowest BCUT2D eigenvalue weighted by Crippen LogP contribution is -2.15. The van der Waals surface area contributed by atoms with Crippen molar-refractivity contribution in [1.29, 1.82) is 0 Å². The molecule has 0 atom stereocenters. The van der Waals surface area contributed by atoms with Crippen molar-refractivity contribution in [3.63, 3.8) is 0 Å². The van der Waals surface area contributed by atoms with E-state index >= 15 is 0 Å². The summed E-state index contributed by atoms with van der Waals surface area (Å²) in [6, 6.07) is 4.02. The second-order valence-electron chi connectivity index (χ2n) is 3.87. The molecule has 3 N–H and O–H groups in total. The van der Waals surface area contributed by atoms with Crippen molar-refractivity contribution in [3.05, 3.63) is 40.4 Å². The molecule has 0 aliphatic carbocycles. The molecular formula is C12H12BrFN4O. The van der Waals surface area contributed by atoms with Crippen molar-refractivity contribution in [2.75, 3.05) is 11.1 Å². The van der Waals surface area contributed by atoms with E-state index in [2.05, 4.69) is 26.3 Å². The van der Waals surface area contributed by atoms with Gasteiger partial charge < -0.3 is 11.1 Å². The molecule has 2 rings (SSSR count). The van der Waals surface area contributed by atoms with Crippen LogP contribution in [0.4, 0.5) is 15.8 Å². The van der Waals surface area contributed by atoms with E-state index in [0.29, 0.717) is 16.7 Å². The average molecular weight is 327 g/mol. The van der Waals surface area contributed by atoms with Gasteiger partial charge in [0.05, 0.1) is 11.4 Å². The predicted octanol–water partition coefficient (Wildman–Crippen LogP) is 2.64. The molecule has 1 amide bonds. The molecule has 0 spiro atoms. The highest BCUT2D eigenvalue weighted by Crippen LogP contribution is 2.24. The van der Waals surface area contributed by atoms with Crippen molar-refractivity contribution >= 4 is 33.2 Å². The van der Waals surface area contributed by atoms with Gasteiger partial charge in [-0.25, -0.2) is 4.39 Å². The molecule has 0 fully saturated rings. The molecule has 0 saturated carbocycles. The van der Waals surface area contributed by atoms with E-state index in [1.807, 2.05) is 6.92 Å². The van der Waals surface area contributed by atoms with Gasteiger partial charge in [0.2, 0.25) is 0 Å². The third-order valence-electron chi connectivity index (χ3n) is 2.51. The maximum absolute atomic E-state index is 13.1. The summed E-state index contributed by atoms with van der Waals surface area (Å²) in [5.74, 6) is -0.915. The quantitative estimate of drug-likeness (QED) is 0.910. The molecule has 0 aliphatic rings. The first-order chi connectivity index (χ1) is 9.01. The van der Waals surface area contributed by atoms with E-state index in [0.717, 1.165) is 0 Å². The van der Waals surface area contributed by atoms with Crippen LogP contribution >= 0.6 is 15.9 Å². The Kier molecular flexibility index (Phi) is 3.84. The van der Waals surface area contributed by atoms with Crippen LogP contribution in [0.1, 0.15) is 17.4 Å². The maximum Gasteiger partial charge on any atom is 0.278 e. The molecule has 7 heteroatoms. The van der Waals surface area contributed by atoms with Gasteiger partial charge in [-0.3, -0.25) is 9.48 Å². The van der Waals surface area contributed by atoms with Gasteiger partial charge in [-0.15, -0.1) is 0 Å². The number of nitrogens with zero attached hydrogens (tertiary/aromatic N) is 2. The number of carbonyl (C=O) groups is 1. The summed E-state index contributed by atoms with van der Waals surface area (Å²) in [4.78, 5) is 12.0. The Morgan fingerprint density at radius 2 is 2.32 bits per heavy atom. The first-order valence-electron chi connectivity index (χ1n) is 5.60. The minimum Gasteiger partial charge on any atom is -0.396 e.